The van der Waals surface area contributed by atoms with Crippen molar-refractivity contribution in [2.24, 2.45) is 0 Å². The van der Waals surface area contributed by atoms with Gasteiger partial charge in [0.15, 0.2) is 0 Å². The summed E-state index contributed by atoms with van der Waals surface area (Å²) in [6, 6.07) is 9.36. The number of halogens is 1. The molecule has 0 radical (unpaired) electrons. The maximum atomic E-state index is 12.0. The van der Waals surface area contributed by atoms with Gasteiger partial charge in [-0.25, -0.2) is 9.78 Å². The van der Waals surface area contributed by atoms with Crippen LogP contribution in [-0.4, -0.2) is 51.5 Å². The van der Waals surface area contributed by atoms with Crippen LogP contribution in [0.15, 0.2) is 30.3 Å². The summed E-state index contributed by atoms with van der Waals surface area (Å²) < 4.78 is 0. The Bertz CT molecular complexity index is 750. The quantitative estimate of drug-likeness (QED) is 0.861. The van der Waals surface area contributed by atoms with Gasteiger partial charge in [0.1, 0.15) is 11.7 Å². The highest BCUT2D eigenvalue weighted by Crippen LogP contribution is 2.18. The van der Waals surface area contributed by atoms with Crippen molar-refractivity contribution in [1.29, 1.82) is 0 Å². The number of fused-ring (bicyclic) bond motifs is 1. The number of pyridine rings is 1. The predicted molar refractivity (Wildman–Crippen MR) is 81.8 cm³/mol. The topological polar surface area (TPSA) is 73.7 Å². The van der Waals surface area contributed by atoms with Gasteiger partial charge in [0, 0.05) is 25.0 Å². The molecule has 0 aliphatic carbocycles. The monoisotopic (exact) mass is 319 g/mol. The van der Waals surface area contributed by atoms with E-state index in [1.807, 2.05) is 24.3 Å². The molecule has 7 heteroatoms. The third-order valence-electron chi connectivity index (χ3n) is 3.68. The van der Waals surface area contributed by atoms with Crippen molar-refractivity contribution in [3.05, 3.63) is 41.0 Å². The number of nitrogens with zero attached hydrogens (tertiary/aromatic N) is 3. The van der Waals surface area contributed by atoms with Crippen molar-refractivity contribution in [3.8, 4) is 0 Å². The molecule has 2 amide bonds. The second-order valence-corrected chi connectivity index (χ2v) is 5.57. The van der Waals surface area contributed by atoms with E-state index in [-0.39, 0.29) is 12.5 Å². The van der Waals surface area contributed by atoms with Gasteiger partial charge in [-0.15, -0.1) is 0 Å². The smallest absolute Gasteiger partial charge is 0.407 e. The van der Waals surface area contributed by atoms with Gasteiger partial charge in [0.2, 0.25) is 5.91 Å². The molecular formula is C15H14ClN3O3. The van der Waals surface area contributed by atoms with Gasteiger partial charge in [-0.1, -0.05) is 17.7 Å². The molecule has 2 heterocycles. The Kier molecular flexibility index (Phi) is 3.85. The standard InChI is InChI=1S/C15H14ClN3O3/c16-13-4-2-11-7-10(1-3-12(11)17-13)8-18-5-6-19(15(21)22)9-14(18)20/h1-4,7H,5-6,8-9H2,(H,21,22). The predicted octanol–water partition coefficient (Wildman–Crippen LogP) is 2.21. The Morgan fingerprint density at radius 2 is 2.09 bits per heavy atom. The molecule has 1 aliphatic heterocycles. The van der Waals surface area contributed by atoms with E-state index in [0.717, 1.165) is 21.4 Å². The van der Waals surface area contributed by atoms with Crippen LogP contribution in [0.25, 0.3) is 10.9 Å². The van der Waals surface area contributed by atoms with Crippen LogP contribution in [0.4, 0.5) is 4.79 Å². The number of hydrogen-bond acceptors (Lipinski definition) is 3. The molecule has 0 atom stereocenters. The first-order valence-corrected chi connectivity index (χ1v) is 7.21. The summed E-state index contributed by atoms with van der Waals surface area (Å²) in [5, 5.41) is 10.3. The van der Waals surface area contributed by atoms with Crippen LogP contribution >= 0.6 is 11.6 Å². The third-order valence-corrected chi connectivity index (χ3v) is 3.89. The minimum atomic E-state index is -1.05. The number of rotatable bonds is 2. The van der Waals surface area contributed by atoms with E-state index in [0.29, 0.717) is 24.8 Å². The van der Waals surface area contributed by atoms with Gasteiger partial charge in [-0.3, -0.25) is 9.69 Å². The summed E-state index contributed by atoms with van der Waals surface area (Å²) in [6.07, 6.45) is -1.05. The number of carbonyl (C=O) groups excluding carboxylic acids is 1. The van der Waals surface area contributed by atoms with Crippen LogP contribution in [0.1, 0.15) is 5.56 Å². The van der Waals surface area contributed by atoms with Gasteiger partial charge >= 0.3 is 6.09 Å². The first kappa shape index (κ1) is 14.6. The summed E-state index contributed by atoms with van der Waals surface area (Å²) >= 11 is 5.86. The van der Waals surface area contributed by atoms with Crippen LogP contribution in [0, 0.1) is 0 Å². The van der Waals surface area contributed by atoms with Crippen LogP contribution in [0.5, 0.6) is 0 Å². The zero-order valence-electron chi connectivity index (χ0n) is 11.7. The van der Waals surface area contributed by atoms with Crippen LogP contribution in [-0.2, 0) is 11.3 Å². The molecule has 6 nitrogen and oxygen atoms in total. The normalized spacial score (nSPS) is 15.4. The number of benzene rings is 1. The minimum absolute atomic E-state index is 0.0833. The Morgan fingerprint density at radius 1 is 1.27 bits per heavy atom. The van der Waals surface area contributed by atoms with Crippen molar-refractivity contribution >= 4 is 34.5 Å². The van der Waals surface area contributed by atoms with Crippen LogP contribution < -0.4 is 0 Å². The van der Waals surface area contributed by atoms with E-state index in [1.54, 1.807) is 11.0 Å². The van der Waals surface area contributed by atoms with E-state index >= 15 is 0 Å². The summed E-state index contributed by atoms with van der Waals surface area (Å²) in [7, 11) is 0. The van der Waals surface area contributed by atoms with Gasteiger partial charge in [0.25, 0.3) is 0 Å². The minimum Gasteiger partial charge on any atom is -0.465 e. The molecule has 1 N–H and O–H groups in total. The van der Waals surface area contributed by atoms with Gasteiger partial charge in [-0.2, -0.15) is 0 Å². The Morgan fingerprint density at radius 3 is 2.82 bits per heavy atom. The lowest BCUT2D eigenvalue weighted by molar-refractivity contribution is -0.135. The van der Waals surface area contributed by atoms with E-state index in [9.17, 15) is 9.59 Å². The van der Waals surface area contributed by atoms with Gasteiger partial charge in [-0.05, 0) is 29.8 Å². The Hall–Kier alpha value is -2.34. The zero-order valence-corrected chi connectivity index (χ0v) is 12.5. The number of carbonyl (C=O) groups is 2. The molecule has 1 aromatic heterocycles. The lowest BCUT2D eigenvalue weighted by Crippen LogP contribution is -2.51. The van der Waals surface area contributed by atoms with E-state index in [4.69, 9.17) is 16.7 Å². The first-order chi connectivity index (χ1) is 10.5. The van der Waals surface area contributed by atoms with E-state index in [2.05, 4.69) is 4.98 Å². The van der Waals surface area contributed by atoms with Crippen LogP contribution in [0.3, 0.4) is 0 Å². The molecule has 114 valence electrons. The highest BCUT2D eigenvalue weighted by molar-refractivity contribution is 6.29. The van der Waals surface area contributed by atoms with Crippen molar-refractivity contribution in [1.82, 2.24) is 14.8 Å². The molecular weight excluding hydrogens is 306 g/mol. The second kappa shape index (κ2) is 5.81. The zero-order chi connectivity index (χ0) is 15.7. The SMILES string of the molecule is O=C(O)N1CCN(Cc2ccc3nc(Cl)ccc3c2)C(=O)C1. The molecule has 3 rings (SSSR count). The largest absolute Gasteiger partial charge is 0.465 e. The summed E-state index contributed by atoms with van der Waals surface area (Å²) in [5.41, 5.74) is 1.78. The number of hydrogen-bond donors (Lipinski definition) is 1. The second-order valence-electron chi connectivity index (χ2n) is 5.18. The van der Waals surface area contributed by atoms with Crippen molar-refractivity contribution in [3.63, 3.8) is 0 Å². The molecule has 1 saturated heterocycles. The first-order valence-electron chi connectivity index (χ1n) is 6.84. The summed E-state index contributed by atoms with van der Waals surface area (Å²) in [6.45, 7) is 1.12. The van der Waals surface area contributed by atoms with Crippen LogP contribution in [0.2, 0.25) is 5.15 Å². The molecule has 1 aromatic carbocycles. The average molecular weight is 320 g/mol. The highest BCUT2D eigenvalue weighted by atomic mass is 35.5. The number of aromatic nitrogens is 1. The maximum absolute atomic E-state index is 12.0. The third kappa shape index (κ3) is 2.96. The maximum Gasteiger partial charge on any atom is 0.407 e. The number of carboxylic acid groups (broad SMARTS) is 1. The molecule has 2 aromatic rings. The summed E-state index contributed by atoms with van der Waals surface area (Å²) in [5.74, 6) is -0.178. The summed E-state index contributed by atoms with van der Waals surface area (Å²) in [4.78, 5) is 29.9. The molecule has 22 heavy (non-hydrogen) atoms. The molecule has 1 fully saturated rings. The van der Waals surface area contributed by atoms with Gasteiger partial charge in [0.05, 0.1) is 5.52 Å². The fourth-order valence-corrected chi connectivity index (χ4v) is 2.66. The van der Waals surface area contributed by atoms with Crippen molar-refractivity contribution < 1.29 is 14.7 Å². The Labute approximate surface area is 131 Å². The van der Waals surface area contributed by atoms with Crippen molar-refractivity contribution in [2.45, 2.75) is 6.54 Å². The highest BCUT2D eigenvalue weighted by Gasteiger charge is 2.26. The molecule has 0 saturated carbocycles. The van der Waals surface area contributed by atoms with E-state index < -0.39 is 6.09 Å². The van der Waals surface area contributed by atoms with Gasteiger partial charge < -0.3 is 10.0 Å². The average Bonchev–Trinajstić information content (AvgIpc) is 2.49. The fourth-order valence-electron chi connectivity index (χ4n) is 2.51. The Balaban J connectivity index is 1.75. The molecule has 0 bridgehead atoms. The number of piperazine rings is 1. The lowest BCUT2D eigenvalue weighted by atomic mass is 10.1. The molecule has 0 unspecified atom stereocenters. The molecule has 1 aliphatic rings. The number of amides is 2. The van der Waals surface area contributed by atoms with Crippen molar-refractivity contribution in [2.75, 3.05) is 19.6 Å². The van der Waals surface area contributed by atoms with E-state index in [1.165, 1.54) is 0 Å². The lowest BCUT2D eigenvalue weighted by Gasteiger charge is -2.32. The fraction of sp³-hybridized carbons (Fsp3) is 0.267. The molecule has 0 spiro atoms.